The molecule has 3 nitrogen and oxygen atoms in total. The minimum atomic E-state index is 0.257. The Morgan fingerprint density at radius 1 is 1.35 bits per heavy atom. The van der Waals surface area contributed by atoms with E-state index in [0.29, 0.717) is 6.04 Å². The Bertz CT molecular complexity index is 252. The van der Waals surface area contributed by atoms with E-state index < -0.39 is 0 Å². The number of likely N-dealkylation sites (N-methyl/N-ethyl adjacent to an activating group) is 1. The van der Waals surface area contributed by atoms with Crippen LogP contribution in [0.2, 0.25) is 0 Å². The molecule has 2 aliphatic rings. The third-order valence-electron chi connectivity index (χ3n) is 5.36. The molecule has 2 saturated heterocycles. The fourth-order valence-corrected chi connectivity index (χ4v) is 4.20. The van der Waals surface area contributed by atoms with Gasteiger partial charge < -0.3 is 5.73 Å². The van der Waals surface area contributed by atoms with Crippen LogP contribution in [0.4, 0.5) is 0 Å². The molecule has 0 spiro atoms. The van der Waals surface area contributed by atoms with E-state index in [1.165, 1.54) is 45.2 Å². The molecule has 0 bridgehead atoms. The van der Waals surface area contributed by atoms with Gasteiger partial charge in [0.2, 0.25) is 0 Å². The number of hydrogen-bond donors (Lipinski definition) is 1. The number of nitrogens with zero attached hydrogens (tertiary/aromatic N) is 2. The van der Waals surface area contributed by atoms with Gasteiger partial charge in [0.15, 0.2) is 0 Å². The topological polar surface area (TPSA) is 32.5 Å². The monoisotopic (exact) mass is 239 g/mol. The molecule has 100 valence electrons. The van der Waals surface area contributed by atoms with Gasteiger partial charge in [0.05, 0.1) is 0 Å². The first-order valence-corrected chi connectivity index (χ1v) is 7.36. The van der Waals surface area contributed by atoms with Crippen LogP contribution in [0.5, 0.6) is 0 Å². The first-order valence-electron chi connectivity index (χ1n) is 7.36. The highest BCUT2D eigenvalue weighted by Crippen LogP contribution is 2.40. The minimum Gasteiger partial charge on any atom is -0.329 e. The third kappa shape index (κ3) is 2.02. The van der Waals surface area contributed by atoms with Crippen molar-refractivity contribution in [2.24, 2.45) is 5.73 Å². The number of nitrogens with two attached hydrogens (primary N) is 1. The Labute approximate surface area is 106 Å². The lowest BCUT2D eigenvalue weighted by Gasteiger charge is -2.46. The number of fused-ring (bicyclic) bond motifs is 1. The maximum Gasteiger partial charge on any atom is 0.0498 e. The molecular weight excluding hydrogens is 210 g/mol. The lowest BCUT2D eigenvalue weighted by Crippen LogP contribution is -2.61. The van der Waals surface area contributed by atoms with Crippen molar-refractivity contribution in [3.05, 3.63) is 0 Å². The summed E-state index contributed by atoms with van der Waals surface area (Å²) in [5.41, 5.74) is 6.46. The highest BCUT2D eigenvalue weighted by Gasteiger charge is 2.51. The fourth-order valence-electron chi connectivity index (χ4n) is 4.20. The van der Waals surface area contributed by atoms with Crippen molar-refractivity contribution < 1.29 is 0 Å². The minimum absolute atomic E-state index is 0.257. The van der Waals surface area contributed by atoms with E-state index in [0.717, 1.165) is 12.6 Å². The maximum absolute atomic E-state index is 6.20. The first-order chi connectivity index (χ1) is 8.19. The molecule has 2 atom stereocenters. The predicted molar refractivity (Wildman–Crippen MR) is 73.1 cm³/mol. The average Bonchev–Trinajstić information content (AvgIpc) is 2.92. The second-order valence-electron chi connectivity index (χ2n) is 5.83. The summed E-state index contributed by atoms with van der Waals surface area (Å²) in [6.45, 7) is 7.98. The Balaban J connectivity index is 2.18. The third-order valence-corrected chi connectivity index (χ3v) is 5.36. The van der Waals surface area contributed by atoms with Gasteiger partial charge in [0, 0.05) is 30.7 Å². The van der Waals surface area contributed by atoms with Crippen molar-refractivity contribution in [1.82, 2.24) is 9.80 Å². The van der Waals surface area contributed by atoms with E-state index in [-0.39, 0.29) is 5.54 Å². The Morgan fingerprint density at radius 3 is 2.65 bits per heavy atom. The molecule has 0 saturated carbocycles. The second-order valence-corrected chi connectivity index (χ2v) is 5.83. The summed E-state index contributed by atoms with van der Waals surface area (Å²) in [7, 11) is 2.31. The molecular formula is C14H29N3. The zero-order valence-corrected chi connectivity index (χ0v) is 11.8. The average molecular weight is 239 g/mol. The quantitative estimate of drug-likeness (QED) is 0.792. The molecule has 0 radical (unpaired) electrons. The van der Waals surface area contributed by atoms with Crippen LogP contribution in [0, 0.1) is 0 Å². The molecule has 0 aromatic heterocycles. The normalized spacial score (nSPS) is 33.9. The van der Waals surface area contributed by atoms with Crippen molar-refractivity contribution in [3.8, 4) is 0 Å². The van der Waals surface area contributed by atoms with Crippen LogP contribution in [-0.4, -0.2) is 54.1 Å². The van der Waals surface area contributed by atoms with Crippen LogP contribution in [0.3, 0.4) is 0 Å². The van der Waals surface area contributed by atoms with Crippen LogP contribution in [0.25, 0.3) is 0 Å². The molecule has 2 aliphatic heterocycles. The molecule has 0 aliphatic carbocycles. The summed E-state index contributed by atoms with van der Waals surface area (Å²) in [5.74, 6) is 0. The smallest absolute Gasteiger partial charge is 0.0498 e. The maximum atomic E-state index is 6.20. The molecule has 2 unspecified atom stereocenters. The van der Waals surface area contributed by atoms with Gasteiger partial charge in [-0.05, 0) is 45.7 Å². The molecule has 3 heteroatoms. The SMILES string of the molecule is CCC(CC)N(C)C1(CN)CCN2CCCC21. The largest absolute Gasteiger partial charge is 0.329 e. The van der Waals surface area contributed by atoms with Gasteiger partial charge in [-0.1, -0.05) is 13.8 Å². The Kier molecular flexibility index (Phi) is 4.11. The molecule has 2 heterocycles. The van der Waals surface area contributed by atoms with Gasteiger partial charge >= 0.3 is 0 Å². The van der Waals surface area contributed by atoms with Crippen molar-refractivity contribution in [2.75, 3.05) is 26.7 Å². The zero-order valence-electron chi connectivity index (χ0n) is 11.8. The lowest BCUT2D eigenvalue weighted by molar-refractivity contribution is 0.0476. The summed E-state index contributed by atoms with van der Waals surface area (Å²) in [4.78, 5) is 5.30. The summed E-state index contributed by atoms with van der Waals surface area (Å²) < 4.78 is 0. The van der Waals surface area contributed by atoms with Crippen LogP contribution in [0.15, 0.2) is 0 Å². The van der Waals surface area contributed by atoms with Gasteiger partial charge in [-0.25, -0.2) is 0 Å². The summed E-state index contributed by atoms with van der Waals surface area (Å²) in [5, 5.41) is 0. The molecule has 17 heavy (non-hydrogen) atoms. The summed E-state index contributed by atoms with van der Waals surface area (Å²) in [6.07, 6.45) is 6.45. The highest BCUT2D eigenvalue weighted by molar-refractivity contribution is 5.10. The molecule has 2 rings (SSSR count). The van der Waals surface area contributed by atoms with Crippen molar-refractivity contribution >= 4 is 0 Å². The molecule has 2 N–H and O–H groups in total. The molecule has 0 amide bonds. The molecule has 0 aromatic rings. The summed E-state index contributed by atoms with van der Waals surface area (Å²) >= 11 is 0. The molecule has 2 fully saturated rings. The van der Waals surface area contributed by atoms with Crippen LogP contribution >= 0.6 is 0 Å². The highest BCUT2D eigenvalue weighted by atomic mass is 15.3. The van der Waals surface area contributed by atoms with Crippen molar-refractivity contribution in [1.29, 1.82) is 0 Å². The van der Waals surface area contributed by atoms with E-state index in [4.69, 9.17) is 5.73 Å². The Hall–Kier alpha value is -0.120. The van der Waals surface area contributed by atoms with E-state index in [1.807, 2.05) is 0 Å². The van der Waals surface area contributed by atoms with E-state index in [1.54, 1.807) is 0 Å². The lowest BCUT2D eigenvalue weighted by atomic mass is 9.85. The van der Waals surface area contributed by atoms with Crippen LogP contribution in [-0.2, 0) is 0 Å². The van der Waals surface area contributed by atoms with Crippen LogP contribution in [0.1, 0.15) is 46.0 Å². The van der Waals surface area contributed by atoms with E-state index in [9.17, 15) is 0 Å². The van der Waals surface area contributed by atoms with Gasteiger partial charge in [-0.3, -0.25) is 9.80 Å². The van der Waals surface area contributed by atoms with Crippen LogP contribution < -0.4 is 5.73 Å². The van der Waals surface area contributed by atoms with Crippen molar-refractivity contribution in [2.45, 2.75) is 63.6 Å². The standard InChI is InChI=1S/C14H29N3/c1-4-12(5-2)16(3)14(11-15)8-10-17-9-6-7-13(14)17/h12-13H,4-11,15H2,1-3H3. The number of rotatable bonds is 5. The fraction of sp³-hybridized carbons (Fsp3) is 1.00. The van der Waals surface area contributed by atoms with Gasteiger partial charge in [-0.15, -0.1) is 0 Å². The summed E-state index contributed by atoms with van der Waals surface area (Å²) in [6, 6.07) is 1.41. The second kappa shape index (κ2) is 5.25. The first kappa shape index (κ1) is 13.3. The Morgan fingerprint density at radius 2 is 2.06 bits per heavy atom. The van der Waals surface area contributed by atoms with Crippen molar-refractivity contribution in [3.63, 3.8) is 0 Å². The van der Waals surface area contributed by atoms with Gasteiger partial charge in [0.25, 0.3) is 0 Å². The van der Waals surface area contributed by atoms with E-state index >= 15 is 0 Å². The zero-order chi connectivity index (χ0) is 12.5. The van der Waals surface area contributed by atoms with Gasteiger partial charge in [-0.2, -0.15) is 0 Å². The predicted octanol–water partition coefficient (Wildman–Crippen LogP) is 1.67. The van der Waals surface area contributed by atoms with E-state index in [2.05, 4.69) is 30.7 Å². The van der Waals surface area contributed by atoms with Gasteiger partial charge in [0.1, 0.15) is 0 Å². The molecule has 0 aromatic carbocycles. The number of hydrogen-bond acceptors (Lipinski definition) is 3.